The summed E-state index contributed by atoms with van der Waals surface area (Å²) in [6.45, 7) is 6.12. The number of rotatable bonds is 0. The first kappa shape index (κ1) is 9.85. The van der Waals surface area contributed by atoms with E-state index in [1.807, 2.05) is 20.0 Å². The maximum absolute atomic E-state index is 3.21. The molecule has 1 N–H and O–H groups in total. The number of fused-ring (bicyclic) bond motifs is 1. The molecule has 13 heavy (non-hydrogen) atoms. The van der Waals surface area contributed by atoms with E-state index in [0.717, 1.165) is 6.42 Å². The summed E-state index contributed by atoms with van der Waals surface area (Å²) < 4.78 is 0. The fourth-order valence-corrected chi connectivity index (χ4v) is 1.37. The highest BCUT2D eigenvalue weighted by Crippen LogP contribution is 2.20. The normalized spacial score (nSPS) is 12.2. The van der Waals surface area contributed by atoms with Crippen molar-refractivity contribution in [2.24, 2.45) is 0 Å². The van der Waals surface area contributed by atoms with Crippen LogP contribution in [0.5, 0.6) is 0 Å². The van der Waals surface area contributed by atoms with E-state index in [0.29, 0.717) is 0 Å². The largest absolute Gasteiger partial charge is 0.362 e. The monoisotopic (exact) mass is 175 g/mol. The second-order valence-electron chi connectivity index (χ2n) is 2.91. The SMILES string of the molecule is CC.Cc1ccc2c(c1)CC=CN2. The summed E-state index contributed by atoms with van der Waals surface area (Å²) in [5.74, 6) is 0. The van der Waals surface area contributed by atoms with Crippen LogP contribution in [0.4, 0.5) is 5.69 Å². The highest BCUT2D eigenvalue weighted by atomic mass is 14.8. The van der Waals surface area contributed by atoms with Crippen LogP contribution in [0.15, 0.2) is 30.5 Å². The summed E-state index contributed by atoms with van der Waals surface area (Å²) in [5.41, 5.74) is 3.98. The van der Waals surface area contributed by atoms with Crippen molar-refractivity contribution in [3.63, 3.8) is 0 Å². The fourth-order valence-electron chi connectivity index (χ4n) is 1.37. The molecule has 0 saturated carbocycles. The van der Waals surface area contributed by atoms with Crippen molar-refractivity contribution in [3.8, 4) is 0 Å². The minimum absolute atomic E-state index is 1.06. The van der Waals surface area contributed by atoms with Gasteiger partial charge in [-0.3, -0.25) is 0 Å². The first-order valence-electron chi connectivity index (χ1n) is 4.87. The lowest BCUT2D eigenvalue weighted by molar-refractivity contribution is 1.21. The third kappa shape index (κ3) is 2.35. The maximum atomic E-state index is 3.21. The van der Waals surface area contributed by atoms with Crippen LogP contribution in [-0.2, 0) is 6.42 Å². The van der Waals surface area contributed by atoms with Crippen LogP contribution in [-0.4, -0.2) is 0 Å². The highest BCUT2D eigenvalue weighted by Gasteiger charge is 2.02. The van der Waals surface area contributed by atoms with Gasteiger partial charge in [0.2, 0.25) is 0 Å². The Morgan fingerprint density at radius 2 is 2.00 bits per heavy atom. The molecule has 0 radical (unpaired) electrons. The number of allylic oxidation sites excluding steroid dienone is 1. The molecule has 1 aliphatic rings. The number of aryl methyl sites for hydroxylation is 1. The summed E-state index contributed by atoms with van der Waals surface area (Å²) >= 11 is 0. The van der Waals surface area contributed by atoms with Crippen molar-refractivity contribution in [3.05, 3.63) is 41.6 Å². The Hall–Kier alpha value is -1.24. The van der Waals surface area contributed by atoms with Crippen molar-refractivity contribution >= 4 is 5.69 Å². The van der Waals surface area contributed by atoms with E-state index >= 15 is 0 Å². The number of nitrogens with one attached hydrogen (secondary N) is 1. The van der Waals surface area contributed by atoms with Crippen LogP contribution >= 0.6 is 0 Å². The van der Waals surface area contributed by atoms with Gasteiger partial charge in [-0.05, 0) is 31.2 Å². The molecule has 0 spiro atoms. The Bertz CT molecular complexity index is 300. The van der Waals surface area contributed by atoms with Gasteiger partial charge in [0.05, 0.1) is 0 Å². The lowest BCUT2D eigenvalue weighted by Gasteiger charge is -2.12. The lowest BCUT2D eigenvalue weighted by atomic mass is 10.0. The summed E-state index contributed by atoms with van der Waals surface area (Å²) in [6, 6.07) is 6.49. The molecule has 2 rings (SSSR count). The van der Waals surface area contributed by atoms with Crippen LogP contribution in [0.25, 0.3) is 0 Å². The van der Waals surface area contributed by atoms with Crippen molar-refractivity contribution in [2.75, 3.05) is 5.32 Å². The first-order chi connectivity index (χ1) is 6.36. The molecule has 1 heteroatoms. The lowest BCUT2D eigenvalue weighted by Crippen LogP contribution is -1.99. The van der Waals surface area contributed by atoms with Gasteiger partial charge >= 0.3 is 0 Å². The first-order valence-corrected chi connectivity index (χ1v) is 4.87. The Morgan fingerprint density at radius 3 is 2.77 bits per heavy atom. The zero-order chi connectivity index (χ0) is 9.68. The van der Waals surface area contributed by atoms with Crippen LogP contribution < -0.4 is 5.32 Å². The van der Waals surface area contributed by atoms with Gasteiger partial charge in [-0.25, -0.2) is 0 Å². The molecule has 0 aromatic heterocycles. The molecular weight excluding hydrogens is 158 g/mol. The molecule has 0 aliphatic carbocycles. The van der Waals surface area contributed by atoms with E-state index in [4.69, 9.17) is 0 Å². The molecule has 70 valence electrons. The van der Waals surface area contributed by atoms with Crippen molar-refractivity contribution in [1.82, 2.24) is 0 Å². The topological polar surface area (TPSA) is 12.0 Å². The fraction of sp³-hybridized carbons (Fsp3) is 0.333. The molecule has 1 heterocycles. The minimum atomic E-state index is 1.06. The van der Waals surface area contributed by atoms with Gasteiger partial charge in [0, 0.05) is 5.69 Å². The molecule has 1 nitrogen and oxygen atoms in total. The number of anilines is 1. The molecule has 1 aliphatic heterocycles. The van der Waals surface area contributed by atoms with Crippen LogP contribution in [0.3, 0.4) is 0 Å². The van der Waals surface area contributed by atoms with Gasteiger partial charge in [-0.1, -0.05) is 37.6 Å². The van der Waals surface area contributed by atoms with Crippen LogP contribution in [0, 0.1) is 6.92 Å². The molecule has 0 atom stereocenters. The van der Waals surface area contributed by atoms with Gasteiger partial charge in [-0.15, -0.1) is 0 Å². The number of benzene rings is 1. The third-order valence-corrected chi connectivity index (χ3v) is 1.96. The summed E-state index contributed by atoms with van der Waals surface area (Å²) in [6.07, 6.45) is 5.20. The quantitative estimate of drug-likeness (QED) is 0.636. The van der Waals surface area contributed by atoms with Gasteiger partial charge in [0.1, 0.15) is 0 Å². The number of hydrogen-bond donors (Lipinski definition) is 1. The van der Waals surface area contributed by atoms with Gasteiger partial charge in [-0.2, -0.15) is 0 Å². The van der Waals surface area contributed by atoms with Gasteiger partial charge < -0.3 is 5.32 Å². The van der Waals surface area contributed by atoms with E-state index in [1.165, 1.54) is 16.8 Å². The Balaban J connectivity index is 0.000000396. The standard InChI is InChI=1S/C10H11N.C2H6/c1-8-4-5-10-9(7-8)3-2-6-11-10;1-2/h2,4-7,11H,3H2,1H3;1-2H3. The minimum Gasteiger partial charge on any atom is -0.362 e. The molecule has 0 fully saturated rings. The van der Waals surface area contributed by atoms with E-state index in [1.54, 1.807) is 0 Å². The van der Waals surface area contributed by atoms with E-state index < -0.39 is 0 Å². The van der Waals surface area contributed by atoms with Crippen molar-refractivity contribution in [2.45, 2.75) is 27.2 Å². The molecule has 0 saturated heterocycles. The van der Waals surface area contributed by atoms with E-state index in [9.17, 15) is 0 Å². The smallest absolute Gasteiger partial charge is 0.0415 e. The molecule has 1 aromatic rings. The average Bonchev–Trinajstić information content (AvgIpc) is 2.21. The molecule has 0 bridgehead atoms. The van der Waals surface area contributed by atoms with E-state index in [2.05, 4.69) is 36.5 Å². The van der Waals surface area contributed by atoms with Crippen molar-refractivity contribution < 1.29 is 0 Å². The Morgan fingerprint density at radius 1 is 1.23 bits per heavy atom. The molecular formula is C12H17N. The van der Waals surface area contributed by atoms with Crippen molar-refractivity contribution in [1.29, 1.82) is 0 Å². The van der Waals surface area contributed by atoms with E-state index in [-0.39, 0.29) is 0 Å². The predicted octanol–water partition coefficient (Wildman–Crippen LogP) is 3.50. The van der Waals surface area contributed by atoms with Gasteiger partial charge in [0.25, 0.3) is 0 Å². The number of hydrogen-bond acceptors (Lipinski definition) is 1. The Labute approximate surface area is 80.5 Å². The zero-order valence-corrected chi connectivity index (χ0v) is 8.59. The predicted molar refractivity (Wildman–Crippen MR) is 59.0 cm³/mol. The summed E-state index contributed by atoms with van der Waals surface area (Å²) in [4.78, 5) is 0. The average molecular weight is 175 g/mol. The molecule has 1 aromatic carbocycles. The third-order valence-electron chi connectivity index (χ3n) is 1.96. The summed E-state index contributed by atoms with van der Waals surface area (Å²) in [5, 5.41) is 3.21. The summed E-state index contributed by atoms with van der Waals surface area (Å²) in [7, 11) is 0. The molecule has 0 amide bonds. The zero-order valence-electron chi connectivity index (χ0n) is 8.59. The van der Waals surface area contributed by atoms with Crippen LogP contribution in [0.1, 0.15) is 25.0 Å². The Kier molecular flexibility index (Phi) is 3.56. The second kappa shape index (κ2) is 4.70. The maximum Gasteiger partial charge on any atom is 0.0415 e. The highest BCUT2D eigenvalue weighted by molar-refractivity contribution is 5.57. The second-order valence-corrected chi connectivity index (χ2v) is 2.91. The van der Waals surface area contributed by atoms with Crippen LogP contribution in [0.2, 0.25) is 0 Å². The molecule has 0 unspecified atom stereocenters. The van der Waals surface area contributed by atoms with Gasteiger partial charge in [0.15, 0.2) is 0 Å².